The van der Waals surface area contributed by atoms with Crippen molar-refractivity contribution in [2.45, 2.75) is 26.4 Å². The minimum Gasteiger partial charge on any atom is -0.393 e. The summed E-state index contributed by atoms with van der Waals surface area (Å²) in [4.78, 5) is 15.8. The minimum atomic E-state index is -0.368. The number of aliphatic hydroxyl groups excluding tert-OH is 1. The maximum atomic E-state index is 11.9. The van der Waals surface area contributed by atoms with Gasteiger partial charge in [0.1, 0.15) is 5.15 Å². The van der Waals surface area contributed by atoms with Gasteiger partial charge in [0.2, 0.25) is 0 Å². The standard InChI is InChI=1S/C12H16BrClN2O2/c1-7(3-8(2)17)5-16-12(18)10-4-9(13)6-15-11(10)14/h4,6-8,17H,3,5H2,1-2H3,(H,16,18). The third-order valence-electron chi connectivity index (χ3n) is 2.40. The van der Waals surface area contributed by atoms with Gasteiger partial charge in [0.15, 0.2) is 0 Å². The summed E-state index contributed by atoms with van der Waals surface area (Å²) >= 11 is 9.10. The van der Waals surface area contributed by atoms with E-state index in [0.29, 0.717) is 23.0 Å². The molecule has 0 bridgehead atoms. The summed E-state index contributed by atoms with van der Waals surface area (Å²) in [5.74, 6) is -0.0564. The molecule has 0 aliphatic carbocycles. The average Bonchev–Trinajstić information content (AvgIpc) is 2.28. The van der Waals surface area contributed by atoms with Crippen molar-refractivity contribution in [2.75, 3.05) is 6.54 Å². The highest BCUT2D eigenvalue weighted by Gasteiger charge is 2.13. The van der Waals surface area contributed by atoms with E-state index in [1.807, 2.05) is 6.92 Å². The van der Waals surface area contributed by atoms with E-state index in [4.69, 9.17) is 11.6 Å². The third kappa shape index (κ3) is 4.92. The Morgan fingerprint density at radius 2 is 2.28 bits per heavy atom. The van der Waals surface area contributed by atoms with Crippen molar-refractivity contribution < 1.29 is 9.90 Å². The van der Waals surface area contributed by atoms with Crippen LogP contribution in [-0.2, 0) is 0 Å². The van der Waals surface area contributed by atoms with E-state index in [0.717, 1.165) is 0 Å². The van der Waals surface area contributed by atoms with E-state index in [9.17, 15) is 9.90 Å². The number of amides is 1. The zero-order valence-electron chi connectivity index (χ0n) is 10.3. The van der Waals surface area contributed by atoms with Crippen molar-refractivity contribution in [1.82, 2.24) is 10.3 Å². The molecule has 0 aliphatic rings. The van der Waals surface area contributed by atoms with E-state index < -0.39 is 0 Å². The lowest BCUT2D eigenvalue weighted by Crippen LogP contribution is -2.29. The second kappa shape index (κ2) is 7.07. The quantitative estimate of drug-likeness (QED) is 0.813. The molecule has 18 heavy (non-hydrogen) atoms. The molecule has 0 aromatic carbocycles. The van der Waals surface area contributed by atoms with E-state index in [1.165, 1.54) is 6.20 Å². The van der Waals surface area contributed by atoms with Gasteiger partial charge in [-0.2, -0.15) is 0 Å². The first-order valence-electron chi connectivity index (χ1n) is 5.67. The lowest BCUT2D eigenvalue weighted by molar-refractivity contribution is 0.0939. The molecule has 0 fully saturated rings. The Morgan fingerprint density at radius 1 is 1.61 bits per heavy atom. The van der Waals surface area contributed by atoms with Crippen LogP contribution in [0.5, 0.6) is 0 Å². The number of carbonyl (C=O) groups excluding carboxylic acids is 1. The van der Waals surface area contributed by atoms with Gasteiger partial charge in [0.25, 0.3) is 5.91 Å². The first kappa shape index (κ1) is 15.4. The number of nitrogens with one attached hydrogen (secondary N) is 1. The monoisotopic (exact) mass is 334 g/mol. The summed E-state index contributed by atoms with van der Waals surface area (Å²) in [5, 5.41) is 12.2. The largest absolute Gasteiger partial charge is 0.393 e. The van der Waals surface area contributed by atoms with Crippen LogP contribution in [0.2, 0.25) is 5.15 Å². The van der Waals surface area contributed by atoms with Crippen molar-refractivity contribution in [3.8, 4) is 0 Å². The molecule has 1 aromatic rings. The summed E-state index contributed by atoms with van der Waals surface area (Å²) in [6.45, 7) is 4.19. The van der Waals surface area contributed by atoms with E-state index >= 15 is 0 Å². The molecule has 100 valence electrons. The average molecular weight is 336 g/mol. The van der Waals surface area contributed by atoms with Crippen LogP contribution in [0, 0.1) is 5.92 Å². The predicted molar refractivity (Wildman–Crippen MR) is 74.7 cm³/mol. The zero-order chi connectivity index (χ0) is 13.7. The Labute approximate surface area is 120 Å². The molecule has 6 heteroatoms. The Balaban J connectivity index is 2.58. The van der Waals surface area contributed by atoms with E-state index in [-0.39, 0.29) is 23.1 Å². The number of aromatic nitrogens is 1. The van der Waals surface area contributed by atoms with Gasteiger partial charge in [-0.15, -0.1) is 0 Å². The Morgan fingerprint density at radius 3 is 2.89 bits per heavy atom. The summed E-state index contributed by atoms with van der Waals surface area (Å²) < 4.78 is 0.703. The zero-order valence-corrected chi connectivity index (χ0v) is 12.6. The van der Waals surface area contributed by atoms with E-state index in [1.54, 1.807) is 13.0 Å². The fourth-order valence-corrected chi connectivity index (χ4v) is 2.13. The van der Waals surface area contributed by atoms with Crippen molar-refractivity contribution in [3.05, 3.63) is 27.5 Å². The first-order valence-corrected chi connectivity index (χ1v) is 6.84. The molecule has 1 heterocycles. The van der Waals surface area contributed by atoms with Crippen molar-refractivity contribution in [2.24, 2.45) is 5.92 Å². The van der Waals surface area contributed by atoms with Crippen LogP contribution in [0.3, 0.4) is 0 Å². The number of halogens is 2. The fourth-order valence-electron chi connectivity index (χ4n) is 1.61. The summed E-state index contributed by atoms with van der Waals surface area (Å²) in [6, 6.07) is 1.63. The lowest BCUT2D eigenvalue weighted by atomic mass is 10.0. The van der Waals surface area contributed by atoms with Crippen LogP contribution < -0.4 is 5.32 Å². The molecule has 0 saturated carbocycles. The SMILES string of the molecule is CC(O)CC(C)CNC(=O)c1cc(Br)cnc1Cl. The number of hydrogen-bond donors (Lipinski definition) is 2. The number of nitrogens with zero attached hydrogens (tertiary/aromatic N) is 1. The third-order valence-corrected chi connectivity index (χ3v) is 3.14. The topological polar surface area (TPSA) is 62.2 Å². The van der Waals surface area contributed by atoms with Crippen LogP contribution >= 0.6 is 27.5 Å². The molecule has 0 aliphatic heterocycles. The van der Waals surface area contributed by atoms with Gasteiger partial charge in [0, 0.05) is 17.2 Å². The van der Waals surface area contributed by atoms with Crippen molar-refractivity contribution in [3.63, 3.8) is 0 Å². The van der Waals surface area contributed by atoms with Gasteiger partial charge in [-0.3, -0.25) is 4.79 Å². The van der Waals surface area contributed by atoms with Gasteiger partial charge in [-0.1, -0.05) is 18.5 Å². The van der Waals surface area contributed by atoms with Gasteiger partial charge < -0.3 is 10.4 Å². The second-order valence-corrected chi connectivity index (χ2v) is 5.67. The number of carbonyl (C=O) groups is 1. The van der Waals surface area contributed by atoms with Crippen LogP contribution in [0.4, 0.5) is 0 Å². The number of aliphatic hydroxyl groups is 1. The molecule has 1 amide bonds. The molecule has 1 aromatic heterocycles. The smallest absolute Gasteiger partial charge is 0.254 e. The van der Waals surface area contributed by atoms with Crippen LogP contribution in [0.1, 0.15) is 30.6 Å². The summed E-state index contributed by atoms with van der Waals surface area (Å²) in [7, 11) is 0. The summed E-state index contributed by atoms with van der Waals surface area (Å²) in [5.41, 5.74) is 0.343. The molecule has 1 rings (SSSR count). The molecule has 2 unspecified atom stereocenters. The maximum Gasteiger partial charge on any atom is 0.254 e. The Kier molecular flexibility index (Phi) is 6.05. The molecule has 0 radical (unpaired) electrons. The first-order chi connectivity index (χ1) is 8.40. The van der Waals surface area contributed by atoms with Gasteiger partial charge >= 0.3 is 0 Å². The van der Waals surface area contributed by atoms with Crippen LogP contribution in [0.25, 0.3) is 0 Å². The summed E-state index contributed by atoms with van der Waals surface area (Å²) in [6.07, 6.45) is 1.81. The van der Waals surface area contributed by atoms with Gasteiger partial charge in [0.05, 0.1) is 11.7 Å². The Bertz CT molecular complexity index is 427. The Hall–Kier alpha value is -0.650. The van der Waals surface area contributed by atoms with E-state index in [2.05, 4.69) is 26.2 Å². The highest BCUT2D eigenvalue weighted by Crippen LogP contribution is 2.18. The van der Waals surface area contributed by atoms with Gasteiger partial charge in [-0.05, 0) is 41.3 Å². The molecular formula is C12H16BrClN2O2. The van der Waals surface area contributed by atoms with Crippen LogP contribution in [-0.4, -0.2) is 28.6 Å². The highest BCUT2D eigenvalue weighted by atomic mass is 79.9. The van der Waals surface area contributed by atoms with Gasteiger partial charge in [-0.25, -0.2) is 4.98 Å². The van der Waals surface area contributed by atoms with Crippen molar-refractivity contribution >= 4 is 33.4 Å². The molecule has 4 nitrogen and oxygen atoms in total. The number of rotatable bonds is 5. The minimum absolute atomic E-state index is 0.180. The molecule has 2 atom stereocenters. The molecular weight excluding hydrogens is 320 g/mol. The predicted octanol–water partition coefficient (Wildman–Crippen LogP) is 2.63. The normalized spacial score (nSPS) is 14.1. The maximum absolute atomic E-state index is 11.9. The van der Waals surface area contributed by atoms with Crippen molar-refractivity contribution in [1.29, 1.82) is 0 Å². The molecule has 0 spiro atoms. The fraction of sp³-hybridized carbons (Fsp3) is 0.500. The highest BCUT2D eigenvalue weighted by molar-refractivity contribution is 9.10. The molecule has 2 N–H and O–H groups in total. The number of pyridine rings is 1. The second-order valence-electron chi connectivity index (χ2n) is 4.39. The molecule has 0 saturated heterocycles. The lowest BCUT2D eigenvalue weighted by Gasteiger charge is -2.14. The van der Waals surface area contributed by atoms with Crippen LogP contribution in [0.15, 0.2) is 16.7 Å². The number of hydrogen-bond acceptors (Lipinski definition) is 3.